The van der Waals surface area contributed by atoms with Crippen LogP contribution in [0.4, 0.5) is 0 Å². The predicted molar refractivity (Wildman–Crippen MR) is 114 cm³/mol. The molecule has 1 aliphatic rings. The summed E-state index contributed by atoms with van der Waals surface area (Å²) in [6.45, 7) is 9.23. The fraction of sp³-hybridized carbons (Fsp3) is 0.625. The topological polar surface area (TPSA) is 102 Å². The fourth-order valence-electron chi connectivity index (χ4n) is 3.86. The van der Waals surface area contributed by atoms with Gasteiger partial charge in [-0.15, -0.1) is 0 Å². The van der Waals surface area contributed by atoms with Crippen LogP contribution in [-0.2, 0) is 35.2 Å². The quantitative estimate of drug-likeness (QED) is 0.392. The summed E-state index contributed by atoms with van der Waals surface area (Å²) in [5.74, 6) is -1.95. The number of esters is 2. The first-order valence-corrected chi connectivity index (χ1v) is 10.7. The molecule has 1 aromatic carbocycles. The Hall–Kier alpha value is -2.41. The molecule has 3 atom stereocenters. The molecule has 1 aromatic rings. The maximum Gasteiger partial charge on any atom is 0.312 e. The van der Waals surface area contributed by atoms with E-state index >= 15 is 0 Å². The number of rotatable bonds is 12. The van der Waals surface area contributed by atoms with Gasteiger partial charge in [0.2, 0.25) is 0 Å². The summed E-state index contributed by atoms with van der Waals surface area (Å²) in [4.78, 5) is 37.9. The Morgan fingerprint density at radius 2 is 1.58 bits per heavy atom. The summed E-state index contributed by atoms with van der Waals surface area (Å²) in [6, 6.07) is 9.36. The molecule has 0 amide bonds. The van der Waals surface area contributed by atoms with Crippen LogP contribution in [0.1, 0.15) is 59.4 Å². The third-order valence-corrected chi connectivity index (χ3v) is 5.97. The molecule has 0 bridgehead atoms. The van der Waals surface area contributed by atoms with Crippen LogP contribution in [0, 0.1) is 16.2 Å². The molecule has 1 saturated heterocycles. The van der Waals surface area contributed by atoms with Crippen molar-refractivity contribution in [3.63, 3.8) is 0 Å². The van der Waals surface area contributed by atoms with Crippen LogP contribution >= 0.6 is 0 Å². The van der Waals surface area contributed by atoms with Gasteiger partial charge in [-0.3, -0.25) is 14.4 Å². The van der Waals surface area contributed by atoms with E-state index in [1.165, 1.54) is 0 Å². The second-order valence-electron chi connectivity index (χ2n) is 9.63. The van der Waals surface area contributed by atoms with Gasteiger partial charge in [0.05, 0.1) is 22.9 Å². The Labute approximate surface area is 184 Å². The number of aliphatic carboxylic acids is 1. The van der Waals surface area contributed by atoms with Crippen molar-refractivity contribution in [1.29, 1.82) is 0 Å². The van der Waals surface area contributed by atoms with Gasteiger partial charge in [0.15, 0.2) is 0 Å². The number of carbonyl (C=O) groups excluding carboxylic acids is 2. The van der Waals surface area contributed by atoms with E-state index < -0.39 is 34.2 Å². The molecule has 1 heterocycles. The second kappa shape index (κ2) is 9.81. The van der Waals surface area contributed by atoms with Crippen molar-refractivity contribution < 1.29 is 33.7 Å². The van der Waals surface area contributed by atoms with Crippen LogP contribution in [-0.4, -0.2) is 42.3 Å². The van der Waals surface area contributed by atoms with E-state index in [-0.39, 0.29) is 32.2 Å². The molecule has 0 saturated carbocycles. The van der Waals surface area contributed by atoms with Crippen LogP contribution in [0.15, 0.2) is 30.3 Å². The summed E-state index contributed by atoms with van der Waals surface area (Å²) in [5.41, 5.74) is -2.47. The largest absolute Gasteiger partial charge is 0.481 e. The standard InChI is InChI=1S/C24H34O7/c1-6-23(4,20(27)30-12-17-10-8-7-9-11-17)16-24(5,15-22(2,3)19(25)26)21(28)31-14-18-13-29-18/h7-11,18H,6,12-16H2,1-5H3,(H,25,26). The number of ether oxygens (including phenoxy) is 3. The molecule has 0 spiro atoms. The van der Waals surface area contributed by atoms with E-state index in [9.17, 15) is 19.5 Å². The summed E-state index contributed by atoms with van der Waals surface area (Å²) in [5, 5.41) is 9.63. The number of carboxylic acid groups (broad SMARTS) is 1. The first-order valence-electron chi connectivity index (χ1n) is 10.7. The zero-order chi connectivity index (χ0) is 23.3. The van der Waals surface area contributed by atoms with Crippen LogP contribution in [0.3, 0.4) is 0 Å². The molecule has 7 nitrogen and oxygen atoms in total. The van der Waals surface area contributed by atoms with Crippen molar-refractivity contribution in [2.45, 2.75) is 66.6 Å². The molecule has 0 aromatic heterocycles. The monoisotopic (exact) mass is 434 g/mol. The molecule has 1 N–H and O–H groups in total. The lowest BCUT2D eigenvalue weighted by atomic mass is 9.65. The van der Waals surface area contributed by atoms with Gasteiger partial charge in [-0.05, 0) is 52.5 Å². The third-order valence-electron chi connectivity index (χ3n) is 5.97. The van der Waals surface area contributed by atoms with Gasteiger partial charge in [-0.2, -0.15) is 0 Å². The summed E-state index contributed by atoms with van der Waals surface area (Å²) < 4.78 is 16.1. The smallest absolute Gasteiger partial charge is 0.312 e. The number of epoxide rings is 1. The van der Waals surface area contributed by atoms with Crippen molar-refractivity contribution in [3.8, 4) is 0 Å². The zero-order valence-corrected chi connectivity index (χ0v) is 19.1. The van der Waals surface area contributed by atoms with Gasteiger partial charge in [0.1, 0.15) is 19.3 Å². The Bertz CT molecular complexity index is 784. The number of hydrogen-bond donors (Lipinski definition) is 1. The van der Waals surface area contributed by atoms with Crippen LogP contribution in [0.25, 0.3) is 0 Å². The second-order valence-corrected chi connectivity index (χ2v) is 9.63. The average molecular weight is 435 g/mol. The van der Waals surface area contributed by atoms with E-state index in [0.717, 1.165) is 5.56 Å². The van der Waals surface area contributed by atoms with Crippen LogP contribution in [0.2, 0.25) is 0 Å². The molecule has 0 radical (unpaired) electrons. The zero-order valence-electron chi connectivity index (χ0n) is 19.1. The Morgan fingerprint density at radius 1 is 1.00 bits per heavy atom. The van der Waals surface area contributed by atoms with E-state index in [4.69, 9.17) is 14.2 Å². The SMILES string of the molecule is CCC(C)(CC(C)(CC(C)(C)C(=O)O)C(=O)OCC1CO1)C(=O)OCc1ccccc1. The molecule has 31 heavy (non-hydrogen) atoms. The van der Waals surface area contributed by atoms with Gasteiger partial charge >= 0.3 is 17.9 Å². The number of benzene rings is 1. The molecule has 0 aliphatic carbocycles. The van der Waals surface area contributed by atoms with Crippen LogP contribution < -0.4 is 0 Å². The molecule has 172 valence electrons. The van der Waals surface area contributed by atoms with Gasteiger partial charge in [0, 0.05) is 0 Å². The van der Waals surface area contributed by atoms with Crippen molar-refractivity contribution >= 4 is 17.9 Å². The lowest BCUT2D eigenvalue weighted by Crippen LogP contribution is -2.44. The van der Waals surface area contributed by atoms with Gasteiger partial charge in [0.25, 0.3) is 0 Å². The van der Waals surface area contributed by atoms with Crippen molar-refractivity contribution in [3.05, 3.63) is 35.9 Å². The molecule has 1 fully saturated rings. The van der Waals surface area contributed by atoms with Gasteiger partial charge < -0.3 is 19.3 Å². The first kappa shape index (κ1) is 24.9. The Kier molecular flexibility index (Phi) is 7.87. The highest BCUT2D eigenvalue weighted by Crippen LogP contribution is 2.45. The van der Waals surface area contributed by atoms with E-state index in [0.29, 0.717) is 13.0 Å². The average Bonchev–Trinajstić information content (AvgIpc) is 3.54. The highest BCUT2D eigenvalue weighted by molar-refractivity contribution is 5.82. The predicted octanol–water partition coefficient (Wildman–Crippen LogP) is 3.99. The molecule has 3 unspecified atom stereocenters. The summed E-state index contributed by atoms with van der Waals surface area (Å²) in [6.07, 6.45) is 0.476. The van der Waals surface area contributed by atoms with E-state index in [1.54, 1.807) is 27.7 Å². The van der Waals surface area contributed by atoms with Crippen molar-refractivity contribution in [2.75, 3.05) is 13.2 Å². The minimum absolute atomic E-state index is 0.0290. The number of carboxylic acids is 1. The number of hydrogen-bond acceptors (Lipinski definition) is 6. The summed E-state index contributed by atoms with van der Waals surface area (Å²) in [7, 11) is 0. The van der Waals surface area contributed by atoms with Crippen LogP contribution in [0.5, 0.6) is 0 Å². The molecule has 1 aliphatic heterocycles. The number of carbonyl (C=O) groups is 3. The minimum Gasteiger partial charge on any atom is -0.481 e. The molecular formula is C24H34O7. The van der Waals surface area contributed by atoms with Crippen molar-refractivity contribution in [2.24, 2.45) is 16.2 Å². The normalized spacial score (nSPS) is 19.6. The Morgan fingerprint density at radius 3 is 2.10 bits per heavy atom. The highest BCUT2D eigenvalue weighted by atomic mass is 16.6. The molecular weight excluding hydrogens is 400 g/mol. The molecule has 2 rings (SSSR count). The highest BCUT2D eigenvalue weighted by Gasteiger charge is 2.49. The Balaban J connectivity index is 2.19. The van der Waals surface area contributed by atoms with E-state index in [1.807, 2.05) is 37.3 Å². The molecule has 7 heteroatoms. The lowest BCUT2D eigenvalue weighted by molar-refractivity contribution is -0.168. The fourth-order valence-corrected chi connectivity index (χ4v) is 3.86. The van der Waals surface area contributed by atoms with Gasteiger partial charge in [-0.25, -0.2) is 0 Å². The maximum atomic E-state index is 13.1. The maximum absolute atomic E-state index is 13.1. The van der Waals surface area contributed by atoms with Gasteiger partial charge in [-0.1, -0.05) is 37.3 Å². The van der Waals surface area contributed by atoms with E-state index in [2.05, 4.69) is 0 Å². The lowest BCUT2D eigenvalue weighted by Gasteiger charge is -2.39. The minimum atomic E-state index is -1.19. The third kappa shape index (κ3) is 6.79. The first-order chi connectivity index (χ1) is 14.4. The summed E-state index contributed by atoms with van der Waals surface area (Å²) >= 11 is 0. The van der Waals surface area contributed by atoms with Crippen molar-refractivity contribution in [1.82, 2.24) is 0 Å².